The Morgan fingerprint density at radius 3 is 1.22 bits per heavy atom. The minimum absolute atomic E-state index is 0.958. The van der Waals surface area contributed by atoms with Gasteiger partial charge in [0.05, 0.1) is 0 Å². The number of hydrogen-bond acceptors (Lipinski definition) is 1. The zero-order valence-electron chi connectivity index (χ0n) is 12.5. The molecule has 0 fully saturated rings. The molecule has 0 aromatic heterocycles. The van der Waals surface area contributed by atoms with E-state index in [1.807, 2.05) is 0 Å². The molecule has 0 saturated heterocycles. The summed E-state index contributed by atoms with van der Waals surface area (Å²) >= 11 is 5.40. The fourth-order valence-electron chi connectivity index (χ4n) is 2.39. The first-order valence-electron chi connectivity index (χ1n) is 8.25. The van der Waals surface area contributed by atoms with E-state index in [-0.39, 0.29) is 0 Å². The molecular formula is C16H34ClN. The van der Waals surface area contributed by atoms with Crippen molar-refractivity contribution in [2.75, 3.05) is 6.54 Å². The Bertz CT molecular complexity index is 123. The van der Waals surface area contributed by atoms with Gasteiger partial charge in [0, 0.05) is 6.54 Å². The van der Waals surface area contributed by atoms with Gasteiger partial charge in [-0.1, -0.05) is 90.4 Å². The van der Waals surface area contributed by atoms with Crippen molar-refractivity contribution in [3.63, 3.8) is 0 Å². The summed E-state index contributed by atoms with van der Waals surface area (Å²) in [7, 11) is 0. The fourth-order valence-corrected chi connectivity index (χ4v) is 2.52. The molecule has 0 aliphatic heterocycles. The van der Waals surface area contributed by atoms with Crippen molar-refractivity contribution in [3.8, 4) is 0 Å². The average molecular weight is 276 g/mol. The summed E-state index contributed by atoms with van der Waals surface area (Å²) in [5, 5.41) is 0. The average Bonchev–Trinajstić information content (AvgIpc) is 2.39. The lowest BCUT2D eigenvalue weighted by Crippen LogP contribution is -1.99. The number of hydrogen-bond donors (Lipinski definition) is 1. The van der Waals surface area contributed by atoms with E-state index in [4.69, 9.17) is 11.8 Å². The highest BCUT2D eigenvalue weighted by molar-refractivity contribution is 6.13. The summed E-state index contributed by atoms with van der Waals surface area (Å²) in [4.78, 5) is 2.68. The molecule has 0 amide bonds. The fraction of sp³-hybridized carbons (Fsp3) is 1.00. The minimum atomic E-state index is 0.958. The summed E-state index contributed by atoms with van der Waals surface area (Å²) < 4.78 is 0. The molecule has 0 spiro atoms. The molecule has 110 valence electrons. The molecule has 0 aromatic carbocycles. The molecule has 0 aliphatic rings. The van der Waals surface area contributed by atoms with Crippen molar-refractivity contribution < 1.29 is 0 Å². The molecule has 0 radical (unpaired) electrons. The Hall–Kier alpha value is 0.250. The maximum atomic E-state index is 5.40. The van der Waals surface area contributed by atoms with Crippen LogP contribution < -0.4 is 4.84 Å². The Morgan fingerprint density at radius 1 is 0.556 bits per heavy atom. The number of halogens is 1. The number of unbranched alkanes of at least 4 members (excludes halogenated alkanes) is 13. The summed E-state index contributed by atoms with van der Waals surface area (Å²) in [5.74, 6) is 0. The van der Waals surface area contributed by atoms with Gasteiger partial charge in [-0.25, -0.2) is 4.84 Å². The van der Waals surface area contributed by atoms with Gasteiger partial charge in [-0.2, -0.15) is 0 Å². The summed E-state index contributed by atoms with van der Waals surface area (Å²) in [6, 6.07) is 0. The van der Waals surface area contributed by atoms with E-state index in [0.29, 0.717) is 0 Å². The quantitative estimate of drug-likeness (QED) is 0.277. The van der Waals surface area contributed by atoms with E-state index in [0.717, 1.165) is 6.54 Å². The first-order valence-corrected chi connectivity index (χ1v) is 8.63. The smallest absolute Gasteiger partial charge is 0.0108 e. The molecular weight excluding hydrogens is 242 g/mol. The van der Waals surface area contributed by atoms with Gasteiger partial charge in [0.2, 0.25) is 0 Å². The van der Waals surface area contributed by atoms with Gasteiger partial charge >= 0.3 is 0 Å². The minimum Gasteiger partial charge on any atom is -0.234 e. The molecule has 0 rings (SSSR count). The topological polar surface area (TPSA) is 12.0 Å². The highest BCUT2D eigenvalue weighted by Gasteiger charge is 1.93. The van der Waals surface area contributed by atoms with Gasteiger partial charge < -0.3 is 0 Å². The van der Waals surface area contributed by atoms with Crippen LogP contribution in [0.4, 0.5) is 0 Å². The van der Waals surface area contributed by atoms with E-state index in [1.165, 1.54) is 89.9 Å². The predicted molar refractivity (Wildman–Crippen MR) is 84.2 cm³/mol. The molecule has 1 nitrogen and oxygen atoms in total. The second kappa shape index (κ2) is 17.2. The van der Waals surface area contributed by atoms with Crippen LogP contribution in [0.1, 0.15) is 96.8 Å². The third kappa shape index (κ3) is 16.2. The zero-order chi connectivity index (χ0) is 13.3. The molecule has 0 bridgehead atoms. The monoisotopic (exact) mass is 275 g/mol. The summed E-state index contributed by atoms with van der Waals surface area (Å²) in [5.41, 5.74) is 0. The van der Waals surface area contributed by atoms with Crippen molar-refractivity contribution in [1.82, 2.24) is 4.84 Å². The molecule has 2 heteroatoms. The van der Waals surface area contributed by atoms with Crippen LogP contribution >= 0.6 is 11.8 Å². The van der Waals surface area contributed by atoms with E-state index in [2.05, 4.69) is 11.8 Å². The van der Waals surface area contributed by atoms with Crippen LogP contribution in [0.15, 0.2) is 0 Å². The largest absolute Gasteiger partial charge is 0.234 e. The SMILES string of the molecule is CCCCCCCCCCCCCCCCNCl. The lowest BCUT2D eigenvalue weighted by atomic mass is 10.0. The molecule has 0 saturated carbocycles. The first-order chi connectivity index (χ1) is 8.91. The van der Waals surface area contributed by atoms with Gasteiger partial charge in [-0.05, 0) is 18.2 Å². The molecule has 18 heavy (non-hydrogen) atoms. The Morgan fingerprint density at radius 2 is 0.889 bits per heavy atom. The zero-order valence-corrected chi connectivity index (χ0v) is 13.2. The molecule has 0 unspecified atom stereocenters. The van der Waals surface area contributed by atoms with Gasteiger partial charge in [-0.15, -0.1) is 0 Å². The van der Waals surface area contributed by atoms with Crippen LogP contribution in [-0.4, -0.2) is 6.54 Å². The maximum absolute atomic E-state index is 5.40. The van der Waals surface area contributed by atoms with E-state index >= 15 is 0 Å². The summed E-state index contributed by atoms with van der Waals surface area (Å²) in [6.07, 6.45) is 19.8. The molecule has 0 atom stereocenters. The van der Waals surface area contributed by atoms with Gasteiger partial charge in [-0.3, -0.25) is 0 Å². The van der Waals surface area contributed by atoms with Crippen LogP contribution in [0.25, 0.3) is 0 Å². The standard InChI is InChI=1S/C16H34ClN/c1-2-3-4-5-6-7-8-9-10-11-12-13-14-15-16-18-17/h18H,2-16H2,1H3. The third-order valence-electron chi connectivity index (χ3n) is 3.62. The van der Waals surface area contributed by atoms with Crippen LogP contribution in [0.3, 0.4) is 0 Å². The van der Waals surface area contributed by atoms with Crippen molar-refractivity contribution >= 4 is 11.8 Å². The highest BCUT2D eigenvalue weighted by Crippen LogP contribution is 2.12. The van der Waals surface area contributed by atoms with Crippen LogP contribution in [0.2, 0.25) is 0 Å². The molecule has 0 aromatic rings. The van der Waals surface area contributed by atoms with Crippen LogP contribution in [0.5, 0.6) is 0 Å². The second-order valence-electron chi connectivity index (χ2n) is 5.48. The molecule has 1 N–H and O–H groups in total. The van der Waals surface area contributed by atoms with Crippen molar-refractivity contribution in [2.24, 2.45) is 0 Å². The van der Waals surface area contributed by atoms with Gasteiger partial charge in [0.1, 0.15) is 0 Å². The normalized spacial score (nSPS) is 11.0. The van der Waals surface area contributed by atoms with Gasteiger partial charge in [0.25, 0.3) is 0 Å². The van der Waals surface area contributed by atoms with Crippen LogP contribution in [-0.2, 0) is 0 Å². The Kier molecular flexibility index (Phi) is 17.5. The van der Waals surface area contributed by atoms with E-state index in [1.54, 1.807) is 0 Å². The lowest BCUT2D eigenvalue weighted by Gasteiger charge is -2.03. The number of rotatable bonds is 15. The maximum Gasteiger partial charge on any atom is 0.0108 e. The first kappa shape index (κ1) is 18.2. The summed E-state index contributed by atoms with van der Waals surface area (Å²) in [6.45, 7) is 3.24. The predicted octanol–water partition coefficient (Wildman–Crippen LogP) is 6.21. The van der Waals surface area contributed by atoms with Crippen LogP contribution in [0, 0.1) is 0 Å². The lowest BCUT2D eigenvalue weighted by molar-refractivity contribution is 0.535. The van der Waals surface area contributed by atoms with Crippen molar-refractivity contribution in [1.29, 1.82) is 0 Å². The number of nitrogens with one attached hydrogen (secondary N) is 1. The molecule has 0 aliphatic carbocycles. The Labute approximate surface area is 120 Å². The van der Waals surface area contributed by atoms with Gasteiger partial charge in [0.15, 0.2) is 0 Å². The van der Waals surface area contributed by atoms with Crippen molar-refractivity contribution in [3.05, 3.63) is 0 Å². The van der Waals surface area contributed by atoms with E-state index in [9.17, 15) is 0 Å². The van der Waals surface area contributed by atoms with E-state index < -0.39 is 0 Å². The highest BCUT2D eigenvalue weighted by atomic mass is 35.5. The third-order valence-corrected chi connectivity index (χ3v) is 3.81. The second-order valence-corrected chi connectivity index (χ2v) is 5.75. The Balaban J connectivity index is 2.86. The van der Waals surface area contributed by atoms with Crippen molar-refractivity contribution in [2.45, 2.75) is 96.8 Å². The molecule has 0 heterocycles.